The second-order valence-corrected chi connectivity index (χ2v) is 6.33. The number of rotatable bonds is 5. The zero-order chi connectivity index (χ0) is 17.1. The van der Waals surface area contributed by atoms with Crippen LogP contribution in [0.15, 0.2) is 48.7 Å². The Bertz CT molecular complexity index is 839. The smallest absolute Gasteiger partial charge is 0.140 e. The van der Waals surface area contributed by atoms with Gasteiger partial charge in [0.25, 0.3) is 0 Å². The maximum Gasteiger partial charge on any atom is 0.140 e. The van der Waals surface area contributed by atoms with Crippen molar-refractivity contribution in [1.82, 2.24) is 9.55 Å². The van der Waals surface area contributed by atoms with E-state index in [1.807, 2.05) is 12.3 Å². The number of aromatic nitrogens is 2. The van der Waals surface area contributed by atoms with Crippen LogP contribution in [-0.2, 0) is 11.3 Å². The van der Waals surface area contributed by atoms with Crippen molar-refractivity contribution < 1.29 is 13.9 Å². The molecule has 1 fully saturated rings. The second-order valence-electron chi connectivity index (χ2n) is 6.33. The van der Waals surface area contributed by atoms with E-state index in [9.17, 15) is 4.39 Å². The van der Waals surface area contributed by atoms with Crippen LogP contribution in [0.4, 0.5) is 4.39 Å². The molecule has 1 aromatic carbocycles. The molecule has 4 nitrogen and oxygen atoms in total. The van der Waals surface area contributed by atoms with Crippen LogP contribution in [0.1, 0.15) is 24.5 Å². The molecule has 0 unspecified atom stereocenters. The molecule has 0 atom stereocenters. The van der Waals surface area contributed by atoms with Crippen LogP contribution in [-0.4, -0.2) is 29.4 Å². The monoisotopic (exact) mass is 340 g/mol. The third-order valence-electron chi connectivity index (χ3n) is 4.72. The van der Waals surface area contributed by atoms with Gasteiger partial charge in [-0.15, -0.1) is 0 Å². The number of pyridine rings is 1. The van der Waals surface area contributed by atoms with E-state index in [2.05, 4.69) is 21.7 Å². The molecule has 0 amide bonds. The van der Waals surface area contributed by atoms with Gasteiger partial charge in [-0.3, -0.25) is 0 Å². The van der Waals surface area contributed by atoms with E-state index in [1.165, 1.54) is 17.8 Å². The van der Waals surface area contributed by atoms with E-state index in [0.29, 0.717) is 24.8 Å². The Kier molecular flexibility index (Phi) is 4.65. The van der Waals surface area contributed by atoms with Crippen LogP contribution < -0.4 is 4.74 Å². The zero-order valence-electron chi connectivity index (χ0n) is 14.0. The normalized spacial score (nSPS) is 15.6. The Morgan fingerprint density at radius 2 is 1.96 bits per heavy atom. The number of halogens is 1. The average molecular weight is 340 g/mol. The summed E-state index contributed by atoms with van der Waals surface area (Å²) in [6, 6.07) is 12.4. The molecular weight excluding hydrogens is 319 g/mol. The molecule has 0 spiro atoms. The van der Waals surface area contributed by atoms with Gasteiger partial charge in [-0.05, 0) is 55.3 Å². The first-order valence-corrected chi connectivity index (χ1v) is 8.71. The van der Waals surface area contributed by atoms with Gasteiger partial charge in [0.1, 0.15) is 23.8 Å². The molecule has 130 valence electrons. The molecule has 3 heterocycles. The van der Waals surface area contributed by atoms with E-state index >= 15 is 0 Å². The summed E-state index contributed by atoms with van der Waals surface area (Å²) in [5, 5.41) is 1.16. The Hall–Kier alpha value is -2.40. The fourth-order valence-corrected chi connectivity index (χ4v) is 3.46. The van der Waals surface area contributed by atoms with E-state index in [0.717, 1.165) is 37.1 Å². The summed E-state index contributed by atoms with van der Waals surface area (Å²) in [5.41, 5.74) is 2.30. The van der Waals surface area contributed by atoms with E-state index in [-0.39, 0.29) is 5.82 Å². The summed E-state index contributed by atoms with van der Waals surface area (Å²) < 4.78 is 26.5. The number of benzene rings is 1. The van der Waals surface area contributed by atoms with Crippen LogP contribution in [0.2, 0.25) is 0 Å². The molecular formula is C20H21FN2O2. The summed E-state index contributed by atoms with van der Waals surface area (Å²) in [6.45, 7) is 2.85. The number of ether oxygens (including phenoxy) is 2. The molecule has 0 aliphatic carbocycles. The summed E-state index contributed by atoms with van der Waals surface area (Å²) in [4.78, 5) is 4.56. The van der Waals surface area contributed by atoms with Gasteiger partial charge < -0.3 is 14.0 Å². The molecule has 2 aromatic heterocycles. The SMILES string of the molecule is Fc1ccc(OCCn2c(C3CCOCC3)cc3cccnc32)cc1. The predicted octanol–water partition coefficient (Wildman–Crippen LogP) is 4.15. The lowest BCUT2D eigenvalue weighted by Crippen LogP contribution is -2.19. The van der Waals surface area contributed by atoms with Crippen molar-refractivity contribution in [3.8, 4) is 5.75 Å². The van der Waals surface area contributed by atoms with Crippen molar-refractivity contribution in [2.45, 2.75) is 25.3 Å². The highest BCUT2D eigenvalue weighted by Gasteiger charge is 2.21. The van der Waals surface area contributed by atoms with Crippen LogP contribution >= 0.6 is 0 Å². The Balaban J connectivity index is 1.55. The number of hydrogen-bond acceptors (Lipinski definition) is 3. The molecule has 0 bridgehead atoms. The third-order valence-corrected chi connectivity index (χ3v) is 4.72. The molecule has 1 aliphatic heterocycles. The lowest BCUT2D eigenvalue weighted by molar-refractivity contribution is 0.0836. The second kappa shape index (κ2) is 7.23. The van der Waals surface area contributed by atoms with Crippen molar-refractivity contribution in [3.05, 3.63) is 60.2 Å². The zero-order valence-corrected chi connectivity index (χ0v) is 14.0. The maximum absolute atomic E-state index is 13.0. The van der Waals surface area contributed by atoms with Gasteiger partial charge >= 0.3 is 0 Å². The van der Waals surface area contributed by atoms with Crippen molar-refractivity contribution in [1.29, 1.82) is 0 Å². The Morgan fingerprint density at radius 3 is 2.76 bits per heavy atom. The number of hydrogen-bond donors (Lipinski definition) is 0. The number of fused-ring (bicyclic) bond motifs is 1. The van der Waals surface area contributed by atoms with Crippen LogP contribution in [0.3, 0.4) is 0 Å². The molecule has 4 rings (SSSR count). The standard InChI is InChI=1S/C20H21FN2O2/c21-17-3-5-18(6-4-17)25-13-10-23-19(15-7-11-24-12-8-15)14-16-2-1-9-22-20(16)23/h1-6,9,14-15H,7-8,10-13H2. The van der Waals surface area contributed by atoms with Gasteiger partial charge in [-0.1, -0.05) is 0 Å². The van der Waals surface area contributed by atoms with Crippen molar-refractivity contribution in [3.63, 3.8) is 0 Å². The molecule has 0 N–H and O–H groups in total. The van der Waals surface area contributed by atoms with Crippen molar-refractivity contribution >= 4 is 11.0 Å². The fourth-order valence-electron chi connectivity index (χ4n) is 3.46. The first-order chi connectivity index (χ1) is 12.3. The van der Waals surface area contributed by atoms with E-state index in [1.54, 1.807) is 12.1 Å². The number of nitrogens with zero attached hydrogens (tertiary/aromatic N) is 2. The van der Waals surface area contributed by atoms with Crippen LogP contribution in [0.25, 0.3) is 11.0 Å². The Labute approximate surface area is 146 Å². The molecule has 0 saturated carbocycles. The lowest BCUT2D eigenvalue weighted by atomic mass is 9.96. The first-order valence-electron chi connectivity index (χ1n) is 8.71. The quantitative estimate of drug-likeness (QED) is 0.700. The first kappa shape index (κ1) is 16.1. The van der Waals surface area contributed by atoms with Crippen LogP contribution in [0, 0.1) is 5.82 Å². The van der Waals surface area contributed by atoms with Crippen LogP contribution in [0.5, 0.6) is 5.75 Å². The van der Waals surface area contributed by atoms with E-state index < -0.39 is 0 Å². The topological polar surface area (TPSA) is 36.3 Å². The average Bonchev–Trinajstić information content (AvgIpc) is 3.03. The summed E-state index contributed by atoms with van der Waals surface area (Å²) in [7, 11) is 0. The highest BCUT2D eigenvalue weighted by molar-refractivity contribution is 5.77. The third kappa shape index (κ3) is 3.51. The molecule has 5 heteroatoms. The fraction of sp³-hybridized carbons (Fsp3) is 0.350. The van der Waals surface area contributed by atoms with Gasteiger partial charge in [0.15, 0.2) is 0 Å². The summed E-state index contributed by atoms with van der Waals surface area (Å²) in [5.74, 6) is 0.918. The van der Waals surface area contributed by atoms with Gasteiger partial charge in [0, 0.05) is 36.4 Å². The molecule has 0 radical (unpaired) electrons. The van der Waals surface area contributed by atoms with Gasteiger partial charge in [-0.2, -0.15) is 0 Å². The summed E-state index contributed by atoms with van der Waals surface area (Å²) in [6.07, 6.45) is 3.90. The summed E-state index contributed by atoms with van der Waals surface area (Å²) >= 11 is 0. The highest BCUT2D eigenvalue weighted by Crippen LogP contribution is 2.31. The lowest BCUT2D eigenvalue weighted by Gasteiger charge is -2.24. The van der Waals surface area contributed by atoms with Gasteiger partial charge in [0.05, 0.1) is 6.54 Å². The molecule has 3 aromatic rings. The molecule has 25 heavy (non-hydrogen) atoms. The highest BCUT2D eigenvalue weighted by atomic mass is 19.1. The Morgan fingerprint density at radius 1 is 1.16 bits per heavy atom. The minimum Gasteiger partial charge on any atom is -0.492 e. The van der Waals surface area contributed by atoms with Gasteiger partial charge in [-0.25, -0.2) is 9.37 Å². The minimum atomic E-state index is -0.255. The maximum atomic E-state index is 13.0. The van der Waals surface area contributed by atoms with Gasteiger partial charge in [0.2, 0.25) is 0 Å². The molecule has 1 aliphatic rings. The van der Waals surface area contributed by atoms with Crippen molar-refractivity contribution in [2.24, 2.45) is 0 Å². The minimum absolute atomic E-state index is 0.255. The van der Waals surface area contributed by atoms with E-state index in [4.69, 9.17) is 9.47 Å². The predicted molar refractivity (Wildman–Crippen MR) is 94.4 cm³/mol. The largest absolute Gasteiger partial charge is 0.492 e. The molecule has 1 saturated heterocycles. The van der Waals surface area contributed by atoms with Crippen molar-refractivity contribution in [2.75, 3.05) is 19.8 Å².